The summed E-state index contributed by atoms with van der Waals surface area (Å²) >= 11 is 0. The second-order valence-corrected chi connectivity index (χ2v) is 3.47. The van der Waals surface area contributed by atoms with E-state index >= 15 is 0 Å². The average Bonchev–Trinajstić information content (AvgIpc) is 2.31. The fraction of sp³-hybridized carbons (Fsp3) is 0.167. The third-order valence-corrected chi connectivity index (χ3v) is 2.10. The van der Waals surface area contributed by atoms with Crippen LogP contribution in [0.4, 0.5) is 5.69 Å². The van der Waals surface area contributed by atoms with Gasteiger partial charge in [0.1, 0.15) is 11.6 Å². The molecular weight excluding hydrogens is 218 g/mol. The highest BCUT2D eigenvalue weighted by Gasteiger charge is 2.04. The highest BCUT2D eigenvalue weighted by Crippen LogP contribution is 2.22. The molecule has 2 aromatic rings. The van der Waals surface area contributed by atoms with Gasteiger partial charge >= 0.3 is 0 Å². The van der Waals surface area contributed by atoms with Gasteiger partial charge in [0.25, 0.3) is 0 Å². The molecule has 88 valence electrons. The number of nitrogens with two attached hydrogens (primary N) is 1. The van der Waals surface area contributed by atoms with Crippen molar-refractivity contribution in [3.05, 3.63) is 36.2 Å². The molecule has 0 aliphatic carbocycles. The minimum Gasteiger partial charge on any atom is -0.481 e. The van der Waals surface area contributed by atoms with Crippen LogP contribution < -0.4 is 15.2 Å². The zero-order valence-corrected chi connectivity index (χ0v) is 9.68. The second kappa shape index (κ2) is 4.69. The molecule has 5 heteroatoms. The lowest BCUT2D eigenvalue weighted by molar-refractivity contribution is 0.386. The molecule has 2 rings (SSSR count). The predicted octanol–water partition coefficient (Wildman–Crippen LogP) is 2.17. The summed E-state index contributed by atoms with van der Waals surface area (Å²) in [6.07, 6.45) is 0. The normalized spacial score (nSPS) is 10.0. The zero-order valence-electron chi connectivity index (χ0n) is 9.68. The van der Waals surface area contributed by atoms with Crippen LogP contribution in [0.15, 0.2) is 30.3 Å². The molecule has 0 aliphatic heterocycles. The largest absolute Gasteiger partial charge is 0.481 e. The van der Waals surface area contributed by atoms with Gasteiger partial charge in [-0.3, -0.25) is 0 Å². The number of aromatic nitrogens is 2. The quantitative estimate of drug-likeness (QED) is 0.820. The molecule has 1 heterocycles. The van der Waals surface area contributed by atoms with Crippen molar-refractivity contribution in [3.63, 3.8) is 0 Å². The lowest BCUT2D eigenvalue weighted by atomic mass is 10.3. The van der Waals surface area contributed by atoms with Crippen LogP contribution in [0.3, 0.4) is 0 Å². The van der Waals surface area contributed by atoms with Crippen LogP contribution in [0.1, 0.15) is 5.82 Å². The van der Waals surface area contributed by atoms with E-state index in [0.29, 0.717) is 29.0 Å². The molecule has 5 nitrogen and oxygen atoms in total. The van der Waals surface area contributed by atoms with Crippen LogP contribution >= 0.6 is 0 Å². The van der Waals surface area contributed by atoms with E-state index in [9.17, 15) is 0 Å². The molecule has 0 fully saturated rings. The van der Waals surface area contributed by atoms with E-state index in [0.717, 1.165) is 0 Å². The Hall–Kier alpha value is -2.30. The number of aryl methyl sites for hydroxylation is 1. The third-order valence-electron chi connectivity index (χ3n) is 2.10. The monoisotopic (exact) mass is 231 g/mol. The summed E-state index contributed by atoms with van der Waals surface area (Å²) in [4.78, 5) is 8.23. The predicted molar refractivity (Wildman–Crippen MR) is 64.2 cm³/mol. The Bertz CT molecular complexity index is 512. The number of ether oxygens (including phenoxy) is 2. The van der Waals surface area contributed by atoms with Crippen LogP contribution in [0.25, 0.3) is 0 Å². The van der Waals surface area contributed by atoms with Gasteiger partial charge in [-0.15, -0.1) is 0 Å². The minimum atomic E-state index is 0.444. The summed E-state index contributed by atoms with van der Waals surface area (Å²) < 4.78 is 10.6. The van der Waals surface area contributed by atoms with Gasteiger partial charge in [0, 0.05) is 5.69 Å². The van der Waals surface area contributed by atoms with E-state index < -0.39 is 0 Å². The highest BCUT2D eigenvalue weighted by atomic mass is 16.5. The smallest absolute Gasteiger partial charge is 0.226 e. The van der Waals surface area contributed by atoms with Crippen molar-refractivity contribution in [3.8, 4) is 17.5 Å². The van der Waals surface area contributed by atoms with E-state index in [1.807, 2.05) is 0 Å². The molecule has 0 spiro atoms. The van der Waals surface area contributed by atoms with Gasteiger partial charge in [0.15, 0.2) is 0 Å². The van der Waals surface area contributed by atoms with Crippen LogP contribution in [0.2, 0.25) is 0 Å². The van der Waals surface area contributed by atoms with Crippen molar-refractivity contribution in [2.24, 2.45) is 0 Å². The summed E-state index contributed by atoms with van der Waals surface area (Å²) in [5.74, 6) is 2.18. The molecule has 0 aliphatic rings. The Balaban J connectivity index is 2.23. The number of hydrogen-bond acceptors (Lipinski definition) is 5. The van der Waals surface area contributed by atoms with E-state index in [2.05, 4.69) is 9.97 Å². The molecule has 0 radical (unpaired) electrons. The standard InChI is InChI=1S/C12H13N3O2/c1-8-14-11(16-2)7-12(15-8)17-10-5-3-9(13)4-6-10/h3-7H,13H2,1-2H3. The first-order valence-electron chi connectivity index (χ1n) is 5.10. The number of nitrogens with zero attached hydrogens (tertiary/aromatic N) is 2. The first-order valence-corrected chi connectivity index (χ1v) is 5.10. The molecule has 0 bridgehead atoms. The third kappa shape index (κ3) is 2.84. The fourth-order valence-electron chi connectivity index (χ4n) is 1.33. The van der Waals surface area contributed by atoms with Crippen LogP contribution in [0, 0.1) is 6.92 Å². The molecule has 0 atom stereocenters. The van der Waals surface area contributed by atoms with E-state index in [1.165, 1.54) is 0 Å². The van der Waals surface area contributed by atoms with Crippen LogP contribution in [-0.2, 0) is 0 Å². The van der Waals surface area contributed by atoms with Crippen molar-refractivity contribution >= 4 is 5.69 Å². The maximum Gasteiger partial charge on any atom is 0.226 e. The molecule has 17 heavy (non-hydrogen) atoms. The SMILES string of the molecule is COc1cc(Oc2ccc(N)cc2)nc(C)n1. The van der Waals surface area contributed by atoms with Gasteiger partial charge < -0.3 is 15.2 Å². The summed E-state index contributed by atoms with van der Waals surface area (Å²) in [5, 5.41) is 0. The molecule has 1 aromatic carbocycles. The van der Waals surface area contributed by atoms with Gasteiger partial charge in [-0.25, -0.2) is 0 Å². The van der Waals surface area contributed by atoms with E-state index in [1.54, 1.807) is 44.4 Å². The Morgan fingerprint density at radius 3 is 2.35 bits per heavy atom. The Morgan fingerprint density at radius 2 is 1.71 bits per heavy atom. The van der Waals surface area contributed by atoms with Gasteiger partial charge in [-0.05, 0) is 31.2 Å². The van der Waals surface area contributed by atoms with Crippen molar-refractivity contribution in [1.82, 2.24) is 9.97 Å². The number of methoxy groups -OCH3 is 1. The topological polar surface area (TPSA) is 70.3 Å². The number of rotatable bonds is 3. The molecular formula is C12H13N3O2. The van der Waals surface area contributed by atoms with Gasteiger partial charge in [0.05, 0.1) is 13.2 Å². The number of benzene rings is 1. The molecule has 2 N–H and O–H groups in total. The Kier molecular flexibility index (Phi) is 3.09. The molecule has 1 aromatic heterocycles. The van der Waals surface area contributed by atoms with Crippen molar-refractivity contribution in [1.29, 1.82) is 0 Å². The highest BCUT2D eigenvalue weighted by molar-refractivity contribution is 5.42. The number of nitrogen functional groups attached to an aromatic ring is 1. The maximum atomic E-state index is 5.59. The van der Waals surface area contributed by atoms with Crippen molar-refractivity contribution in [2.75, 3.05) is 12.8 Å². The second-order valence-electron chi connectivity index (χ2n) is 3.47. The van der Waals surface area contributed by atoms with E-state index in [4.69, 9.17) is 15.2 Å². The lowest BCUT2D eigenvalue weighted by Gasteiger charge is -2.07. The first kappa shape index (κ1) is 11.2. The fourth-order valence-corrected chi connectivity index (χ4v) is 1.33. The number of hydrogen-bond donors (Lipinski definition) is 1. The summed E-state index contributed by atoms with van der Waals surface area (Å²) in [7, 11) is 1.55. The van der Waals surface area contributed by atoms with Crippen molar-refractivity contribution < 1.29 is 9.47 Å². The molecule has 0 saturated carbocycles. The van der Waals surface area contributed by atoms with Crippen LogP contribution in [-0.4, -0.2) is 17.1 Å². The maximum absolute atomic E-state index is 5.59. The summed E-state index contributed by atoms with van der Waals surface area (Å²) in [5.41, 5.74) is 6.28. The molecule has 0 saturated heterocycles. The van der Waals surface area contributed by atoms with Gasteiger partial charge in [-0.2, -0.15) is 9.97 Å². The minimum absolute atomic E-state index is 0.444. The van der Waals surface area contributed by atoms with Gasteiger partial charge in [-0.1, -0.05) is 0 Å². The molecule has 0 amide bonds. The first-order chi connectivity index (χ1) is 8.17. The number of anilines is 1. The Labute approximate surface area is 99.2 Å². The zero-order chi connectivity index (χ0) is 12.3. The van der Waals surface area contributed by atoms with Crippen LogP contribution in [0.5, 0.6) is 17.5 Å². The lowest BCUT2D eigenvalue weighted by Crippen LogP contribution is -1.96. The van der Waals surface area contributed by atoms with E-state index in [-0.39, 0.29) is 0 Å². The summed E-state index contributed by atoms with van der Waals surface area (Å²) in [6.45, 7) is 1.78. The van der Waals surface area contributed by atoms with Crippen molar-refractivity contribution in [2.45, 2.75) is 6.92 Å². The summed E-state index contributed by atoms with van der Waals surface area (Å²) in [6, 6.07) is 8.71. The average molecular weight is 231 g/mol. The molecule has 0 unspecified atom stereocenters. The Morgan fingerprint density at radius 1 is 1.06 bits per heavy atom. The van der Waals surface area contributed by atoms with Gasteiger partial charge in [0.2, 0.25) is 11.8 Å².